The van der Waals surface area contributed by atoms with Gasteiger partial charge in [-0.25, -0.2) is 0 Å². The second-order valence-corrected chi connectivity index (χ2v) is 3.47. The van der Waals surface area contributed by atoms with Crippen molar-refractivity contribution in [2.24, 2.45) is 0 Å². The minimum atomic E-state index is -0.433. The average Bonchev–Trinajstić information content (AvgIpc) is 1.83. The van der Waals surface area contributed by atoms with Crippen LogP contribution in [0.1, 0.15) is 0 Å². The van der Waals surface area contributed by atoms with Gasteiger partial charge in [0.15, 0.2) is 6.29 Å². The molecule has 0 aromatic rings. The Hall–Kier alpha value is 0.427. The summed E-state index contributed by atoms with van der Waals surface area (Å²) < 4.78 is 9.74. The van der Waals surface area contributed by atoms with Gasteiger partial charge in [-0.05, 0) is 0 Å². The zero-order valence-corrected chi connectivity index (χ0v) is 7.36. The van der Waals surface area contributed by atoms with Crippen molar-refractivity contribution in [2.75, 3.05) is 14.2 Å². The first-order chi connectivity index (χ1) is 3.85. The quantitative estimate of drug-likeness (QED) is 0.331. The highest BCUT2D eigenvalue weighted by molar-refractivity contribution is 6.93. The number of ether oxygens (including phenoxy) is 2. The van der Waals surface area contributed by atoms with Gasteiger partial charge in [-0.2, -0.15) is 11.1 Å². The first kappa shape index (κ1) is 8.43. The van der Waals surface area contributed by atoms with Crippen LogP contribution in [-0.2, 0) is 9.47 Å². The van der Waals surface area contributed by atoms with Gasteiger partial charge < -0.3 is 9.47 Å². The van der Waals surface area contributed by atoms with Gasteiger partial charge in [0.2, 0.25) is 0 Å². The Kier molecular flexibility index (Phi) is 5.86. The van der Waals surface area contributed by atoms with Crippen LogP contribution in [0.25, 0.3) is 0 Å². The van der Waals surface area contributed by atoms with Gasteiger partial charge in [-0.1, -0.05) is 0 Å². The number of methoxy groups -OCH3 is 2. The summed E-state index contributed by atoms with van der Waals surface area (Å²) in [4.78, 5) is 0. The highest BCUT2D eigenvalue weighted by atomic mass is 35.6. The van der Waals surface area contributed by atoms with E-state index in [9.17, 15) is 0 Å². The van der Waals surface area contributed by atoms with E-state index in [0.717, 1.165) is 6.04 Å². The fourth-order valence-electron chi connectivity index (χ4n) is 0.421. The molecule has 0 atom stereocenters. The van der Waals surface area contributed by atoms with Crippen molar-refractivity contribution in [2.45, 2.75) is 12.3 Å². The Morgan fingerprint density at radius 2 is 2.00 bits per heavy atom. The predicted octanol–water partition coefficient (Wildman–Crippen LogP) is 0.346. The molecule has 0 unspecified atom stereocenters. The van der Waals surface area contributed by atoms with Crippen molar-refractivity contribution in [3.05, 3.63) is 0 Å². The molecule has 8 heavy (non-hydrogen) atoms. The molecule has 0 aliphatic rings. The van der Waals surface area contributed by atoms with Crippen molar-refractivity contribution in [1.82, 2.24) is 0 Å². The molecule has 2 nitrogen and oxygen atoms in total. The standard InChI is InChI=1S/C4H11ClO2Si/c1-6-4(7-2)3-8-5/h4H,3,8H2,1-2H3. The molecular formula is C4H11ClO2Si. The van der Waals surface area contributed by atoms with Crippen LogP contribution in [0.5, 0.6) is 0 Å². The number of hydrogen-bond donors (Lipinski definition) is 0. The zero-order chi connectivity index (χ0) is 6.41. The molecule has 0 radical (unpaired) electrons. The molecule has 0 aromatic carbocycles. The smallest absolute Gasteiger partial charge is 0.155 e. The second kappa shape index (κ2) is 5.56. The molecule has 0 amide bonds. The second-order valence-electron chi connectivity index (χ2n) is 1.38. The molecule has 0 rings (SSSR count). The van der Waals surface area contributed by atoms with Gasteiger partial charge in [0, 0.05) is 20.3 Å². The van der Waals surface area contributed by atoms with Crippen molar-refractivity contribution < 1.29 is 9.47 Å². The summed E-state index contributed by atoms with van der Waals surface area (Å²) in [5.41, 5.74) is 0. The Labute approximate surface area is 56.6 Å². The molecule has 4 heteroatoms. The molecule has 0 bridgehead atoms. The summed E-state index contributed by atoms with van der Waals surface area (Å²) in [5.74, 6) is 0. The van der Waals surface area contributed by atoms with Gasteiger partial charge in [0.25, 0.3) is 0 Å². The maximum absolute atomic E-state index is 5.53. The van der Waals surface area contributed by atoms with Gasteiger partial charge >= 0.3 is 0 Å². The Balaban J connectivity index is 3.07. The molecule has 0 aromatic heterocycles. The molecule has 0 spiro atoms. The first-order valence-corrected chi connectivity index (χ1v) is 5.60. The van der Waals surface area contributed by atoms with Crippen molar-refractivity contribution >= 4 is 19.9 Å². The molecule has 0 aliphatic carbocycles. The Bertz CT molecular complexity index is 49.3. The minimum Gasteiger partial charge on any atom is -0.356 e. The van der Waals surface area contributed by atoms with E-state index in [1.807, 2.05) is 0 Å². The summed E-state index contributed by atoms with van der Waals surface area (Å²) >= 11 is 5.53. The maximum Gasteiger partial charge on any atom is 0.155 e. The highest BCUT2D eigenvalue weighted by Gasteiger charge is 2.01. The number of rotatable bonds is 4. The van der Waals surface area contributed by atoms with E-state index in [1.54, 1.807) is 14.2 Å². The molecule has 0 saturated carbocycles. The Morgan fingerprint density at radius 1 is 1.50 bits per heavy atom. The van der Waals surface area contributed by atoms with E-state index >= 15 is 0 Å². The summed E-state index contributed by atoms with van der Waals surface area (Å²) in [6.45, 7) is 0. The molecule has 0 heterocycles. The van der Waals surface area contributed by atoms with Crippen LogP contribution in [-0.4, -0.2) is 29.3 Å². The van der Waals surface area contributed by atoms with E-state index in [0.29, 0.717) is 0 Å². The van der Waals surface area contributed by atoms with Gasteiger partial charge in [-0.15, -0.1) is 0 Å². The molecule has 50 valence electrons. The first-order valence-electron chi connectivity index (χ1n) is 2.46. The van der Waals surface area contributed by atoms with Gasteiger partial charge in [0.05, 0.1) is 0 Å². The lowest BCUT2D eigenvalue weighted by molar-refractivity contribution is -0.0873. The number of halogens is 1. The molecular weight excluding hydrogens is 144 g/mol. The van der Waals surface area contributed by atoms with E-state index in [-0.39, 0.29) is 6.29 Å². The van der Waals surface area contributed by atoms with E-state index in [4.69, 9.17) is 20.6 Å². The predicted molar refractivity (Wildman–Crippen MR) is 37.0 cm³/mol. The lowest BCUT2D eigenvalue weighted by Gasteiger charge is -2.09. The molecule has 0 saturated heterocycles. The van der Waals surface area contributed by atoms with E-state index in [2.05, 4.69) is 0 Å². The van der Waals surface area contributed by atoms with Crippen molar-refractivity contribution in [3.63, 3.8) is 0 Å². The molecule has 0 fully saturated rings. The highest BCUT2D eigenvalue weighted by Crippen LogP contribution is 1.97. The fourth-order valence-corrected chi connectivity index (χ4v) is 1.61. The van der Waals surface area contributed by atoms with Crippen molar-refractivity contribution in [1.29, 1.82) is 0 Å². The summed E-state index contributed by atoms with van der Waals surface area (Å²) in [6, 6.07) is 0.883. The normalized spacial score (nSPS) is 12.0. The summed E-state index contributed by atoms with van der Waals surface area (Å²) in [7, 11) is 2.81. The van der Waals surface area contributed by atoms with Crippen molar-refractivity contribution in [3.8, 4) is 0 Å². The average molecular weight is 155 g/mol. The lowest BCUT2D eigenvalue weighted by atomic mass is 10.7. The van der Waals surface area contributed by atoms with Crippen LogP contribution in [0.3, 0.4) is 0 Å². The van der Waals surface area contributed by atoms with Gasteiger partial charge in [0.1, 0.15) is 8.83 Å². The third-order valence-corrected chi connectivity index (χ3v) is 2.21. The Morgan fingerprint density at radius 3 is 2.12 bits per heavy atom. The van der Waals surface area contributed by atoms with Crippen LogP contribution in [0.2, 0.25) is 6.04 Å². The largest absolute Gasteiger partial charge is 0.356 e. The SMILES string of the molecule is COC(C[SiH2]Cl)OC. The summed E-state index contributed by atoms with van der Waals surface area (Å²) in [6.07, 6.45) is -0.0702. The third kappa shape index (κ3) is 3.43. The summed E-state index contributed by atoms with van der Waals surface area (Å²) in [5, 5.41) is 0. The van der Waals surface area contributed by atoms with Gasteiger partial charge in [-0.3, -0.25) is 0 Å². The number of hydrogen-bond acceptors (Lipinski definition) is 2. The van der Waals surface area contributed by atoms with Crippen LogP contribution < -0.4 is 0 Å². The van der Waals surface area contributed by atoms with E-state index in [1.165, 1.54) is 0 Å². The van der Waals surface area contributed by atoms with Crippen LogP contribution in [0.4, 0.5) is 0 Å². The fraction of sp³-hybridized carbons (Fsp3) is 1.00. The molecule has 0 N–H and O–H groups in total. The van der Waals surface area contributed by atoms with Crippen LogP contribution >= 0.6 is 11.1 Å². The van der Waals surface area contributed by atoms with Crippen LogP contribution in [0, 0.1) is 0 Å². The maximum atomic E-state index is 5.53. The minimum absolute atomic E-state index is 0.0702. The third-order valence-electron chi connectivity index (χ3n) is 0.871. The monoisotopic (exact) mass is 154 g/mol. The lowest BCUT2D eigenvalue weighted by Crippen LogP contribution is -2.12. The van der Waals surface area contributed by atoms with Crippen LogP contribution in [0.15, 0.2) is 0 Å². The molecule has 0 aliphatic heterocycles. The topological polar surface area (TPSA) is 18.5 Å². The van der Waals surface area contributed by atoms with E-state index < -0.39 is 8.83 Å². The zero-order valence-electron chi connectivity index (χ0n) is 5.19.